The number of rotatable bonds is 5. The molecule has 1 aliphatic heterocycles. The van der Waals surface area contributed by atoms with Crippen molar-refractivity contribution < 1.29 is 0 Å². The highest BCUT2D eigenvalue weighted by Gasteiger charge is 2.25. The van der Waals surface area contributed by atoms with Crippen LogP contribution in [-0.2, 0) is 13.0 Å². The summed E-state index contributed by atoms with van der Waals surface area (Å²) in [5.41, 5.74) is 8.72. The fourth-order valence-corrected chi connectivity index (χ4v) is 3.55. The maximum atomic E-state index is 6.44. The fourth-order valence-electron chi connectivity index (χ4n) is 3.10. The van der Waals surface area contributed by atoms with Crippen LogP contribution in [0.2, 0.25) is 0 Å². The lowest BCUT2D eigenvalue weighted by Crippen LogP contribution is -2.52. The summed E-state index contributed by atoms with van der Waals surface area (Å²) >= 11 is 3.66. The predicted molar refractivity (Wildman–Crippen MR) is 90.5 cm³/mol. The van der Waals surface area contributed by atoms with Gasteiger partial charge in [-0.25, -0.2) is 0 Å². The molecule has 21 heavy (non-hydrogen) atoms. The van der Waals surface area contributed by atoms with E-state index in [4.69, 9.17) is 5.73 Å². The minimum absolute atomic E-state index is 0.168. The maximum Gasteiger partial charge on any atom is 0.0738 e. The van der Waals surface area contributed by atoms with Crippen LogP contribution in [-0.4, -0.2) is 65.4 Å². The highest BCUT2D eigenvalue weighted by atomic mass is 79.9. The highest BCUT2D eigenvalue weighted by molar-refractivity contribution is 9.10. The molecule has 2 N–H and O–H groups in total. The molecule has 120 valence electrons. The van der Waals surface area contributed by atoms with Crippen LogP contribution < -0.4 is 5.73 Å². The number of hydrogen-bond donors (Lipinski definition) is 1. The van der Waals surface area contributed by atoms with E-state index in [1.165, 1.54) is 5.69 Å². The lowest BCUT2D eigenvalue weighted by atomic mass is 10.0. The SMILES string of the molecule is CCn1nc(C)c(Br)c1CC(N)CC1CN(C)CCN1C. The number of halogens is 1. The Labute approximate surface area is 136 Å². The zero-order valence-corrected chi connectivity index (χ0v) is 15.2. The van der Waals surface area contributed by atoms with Crippen molar-refractivity contribution in [2.75, 3.05) is 33.7 Å². The smallest absolute Gasteiger partial charge is 0.0738 e. The molecule has 1 saturated heterocycles. The van der Waals surface area contributed by atoms with E-state index in [2.05, 4.69) is 56.5 Å². The quantitative estimate of drug-likeness (QED) is 0.866. The molecule has 5 nitrogen and oxygen atoms in total. The minimum atomic E-state index is 0.168. The number of aromatic nitrogens is 2. The van der Waals surface area contributed by atoms with Gasteiger partial charge in [0.05, 0.1) is 15.9 Å². The molecule has 0 amide bonds. The summed E-state index contributed by atoms with van der Waals surface area (Å²) in [5.74, 6) is 0. The van der Waals surface area contributed by atoms with Crippen LogP contribution in [0.3, 0.4) is 0 Å². The van der Waals surface area contributed by atoms with Crippen molar-refractivity contribution in [1.82, 2.24) is 19.6 Å². The summed E-state index contributed by atoms with van der Waals surface area (Å²) in [4.78, 5) is 4.84. The third kappa shape index (κ3) is 4.06. The standard InChI is InChI=1S/C15H28BrN5/c1-5-21-14(15(16)11(2)18-21)9-12(17)8-13-10-19(3)6-7-20(13)4/h12-13H,5-10,17H2,1-4H3. The van der Waals surface area contributed by atoms with Gasteiger partial charge in [0.2, 0.25) is 0 Å². The lowest BCUT2D eigenvalue weighted by Gasteiger charge is -2.38. The monoisotopic (exact) mass is 357 g/mol. The van der Waals surface area contributed by atoms with Crippen molar-refractivity contribution in [2.24, 2.45) is 5.73 Å². The Morgan fingerprint density at radius 2 is 2.10 bits per heavy atom. The molecule has 1 fully saturated rings. The maximum absolute atomic E-state index is 6.44. The molecule has 2 heterocycles. The molecule has 1 aromatic heterocycles. The van der Waals surface area contributed by atoms with E-state index in [1.54, 1.807) is 0 Å². The van der Waals surface area contributed by atoms with E-state index >= 15 is 0 Å². The zero-order valence-electron chi connectivity index (χ0n) is 13.6. The molecule has 0 bridgehead atoms. The van der Waals surface area contributed by atoms with E-state index < -0.39 is 0 Å². The van der Waals surface area contributed by atoms with Crippen LogP contribution in [0.15, 0.2) is 4.47 Å². The summed E-state index contributed by atoms with van der Waals surface area (Å²) in [5, 5.41) is 4.55. The molecular weight excluding hydrogens is 330 g/mol. The Kier molecular flexibility index (Phi) is 5.82. The van der Waals surface area contributed by atoms with Gasteiger partial charge in [-0.2, -0.15) is 5.10 Å². The Hall–Kier alpha value is -0.430. The molecular formula is C15H28BrN5. The zero-order chi connectivity index (χ0) is 15.6. The van der Waals surface area contributed by atoms with Gasteiger partial charge in [-0.05, 0) is 50.3 Å². The summed E-state index contributed by atoms with van der Waals surface area (Å²) in [6.07, 6.45) is 1.91. The molecule has 0 spiro atoms. The van der Waals surface area contributed by atoms with Gasteiger partial charge in [-0.1, -0.05) is 0 Å². The van der Waals surface area contributed by atoms with Crippen LogP contribution in [0.25, 0.3) is 0 Å². The van der Waals surface area contributed by atoms with E-state index in [-0.39, 0.29) is 6.04 Å². The molecule has 0 aromatic carbocycles. The topological polar surface area (TPSA) is 50.3 Å². The first-order valence-electron chi connectivity index (χ1n) is 7.78. The van der Waals surface area contributed by atoms with Gasteiger partial charge in [-0.3, -0.25) is 4.68 Å². The lowest BCUT2D eigenvalue weighted by molar-refractivity contribution is 0.104. The summed E-state index contributed by atoms with van der Waals surface area (Å²) < 4.78 is 3.18. The largest absolute Gasteiger partial charge is 0.327 e. The summed E-state index contributed by atoms with van der Waals surface area (Å²) in [7, 11) is 4.40. The Balaban J connectivity index is 2.00. The second-order valence-electron chi connectivity index (χ2n) is 6.26. The van der Waals surface area contributed by atoms with Crippen molar-refractivity contribution in [1.29, 1.82) is 0 Å². The van der Waals surface area contributed by atoms with Crippen LogP contribution in [0.5, 0.6) is 0 Å². The number of piperazine rings is 1. The number of aryl methyl sites for hydroxylation is 2. The van der Waals surface area contributed by atoms with E-state index in [9.17, 15) is 0 Å². The van der Waals surface area contributed by atoms with E-state index in [0.29, 0.717) is 6.04 Å². The Morgan fingerprint density at radius 1 is 1.38 bits per heavy atom. The first-order chi connectivity index (χ1) is 9.92. The average molecular weight is 358 g/mol. The van der Waals surface area contributed by atoms with Crippen molar-refractivity contribution in [3.05, 3.63) is 15.9 Å². The van der Waals surface area contributed by atoms with E-state index in [0.717, 1.165) is 49.2 Å². The molecule has 2 atom stereocenters. The minimum Gasteiger partial charge on any atom is -0.327 e. The molecule has 2 rings (SSSR count). The first-order valence-corrected chi connectivity index (χ1v) is 8.57. The van der Waals surface area contributed by atoms with Crippen molar-refractivity contribution in [3.63, 3.8) is 0 Å². The highest BCUT2D eigenvalue weighted by Crippen LogP contribution is 2.23. The van der Waals surface area contributed by atoms with Gasteiger partial charge < -0.3 is 15.5 Å². The molecule has 0 radical (unpaired) electrons. The molecule has 2 unspecified atom stereocenters. The van der Waals surface area contributed by atoms with Crippen LogP contribution >= 0.6 is 15.9 Å². The Bertz CT molecular complexity index is 473. The van der Waals surface area contributed by atoms with Gasteiger partial charge in [-0.15, -0.1) is 0 Å². The summed E-state index contributed by atoms with van der Waals surface area (Å²) in [6, 6.07) is 0.721. The molecule has 1 aliphatic rings. The average Bonchev–Trinajstić information content (AvgIpc) is 2.70. The third-order valence-corrected chi connectivity index (χ3v) is 5.49. The second kappa shape index (κ2) is 7.22. The number of nitrogens with two attached hydrogens (primary N) is 1. The number of hydrogen-bond acceptors (Lipinski definition) is 4. The van der Waals surface area contributed by atoms with Crippen molar-refractivity contribution in [2.45, 2.75) is 45.3 Å². The number of nitrogens with zero attached hydrogens (tertiary/aromatic N) is 4. The molecule has 0 aliphatic carbocycles. The normalized spacial score (nSPS) is 22.7. The fraction of sp³-hybridized carbons (Fsp3) is 0.800. The summed E-state index contributed by atoms with van der Waals surface area (Å²) in [6.45, 7) is 8.43. The van der Waals surface area contributed by atoms with Crippen molar-refractivity contribution >= 4 is 15.9 Å². The van der Waals surface area contributed by atoms with Crippen LogP contribution in [0.1, 0.15) is 24.7 Å². The van der Waals surface area contributed by atoms with Crippen LogP contribution in [0.4, 0.5) is 0 Å². The third-order valence-electron chi connectivity index (χ3n) is 4.46. The van der Waals surface area contributed by atoms with Crippen LogP contribution in [0, 0.1) is 6.92 Å². The first kappa shape index (κ1) is 16.9. The van der Waals surface area contributed by atoms with E-state index in [1.807, 2.05) is 6.92 Å². The predicted octanol–water partition coefficient (Wildman–Crippen LogP) is 1.48. The molecule has 0 saturated carbocycles. The van der Waals surface area contributed by atoms with Gasteiger partial charge in [0.25, 0.3) is 0 Å². The number of likely N-dealkylation sites (N-methyl/N-ethyl adjacent to an activating group) is 2. The van der Waals surface area contributed by atoms with Gasteiger partial charge in [0.15, 0.2) is 0 Å². The Morgan fingerprint density at radius 3 is 2.76 bits per heavy atom. The van der Waals surface area contributed by atoms with Gasteiger partial charge in [0, 0.05) is 44.7 Å². The molecule has 6 heteroatoms. The molecule has 1 aromatic rings. The van der Waals surface area contributed by atoms with Gasteiger partial charge >= 0.3 is 0 Å². The van der Waals surface area contributed by atoms with Gasteiger partial charge in [0.1, 0.15) is 0 Å². The second-order valence-corrected chi connectivity index (χ2v) is 7.05. The van der Waals surface area contributed by atoms with Crippen molar-refractivity contribution in [3.8, 4) is 0 Å².